The number of amides is 1. The fourth-order valence-electron chi connectivity index (χ4n) is 8.12. The Kier molecular flexibility index (Phi) is 27.2. The molecule has 18 nitrogen and oxygen atoms in total. The van der Waals surface area contributed by atoms with E-state index in [0.717, 1.165) is 49.7 Å². The second kappa shape index (κ2) is 33.6. The zero-order valence-electron chi connectivity index (χ0n) is 39.9. The van der Waals surface area contributed by atoms with Gasteiger partial charge in [-0.1, -0.05) is 62.8 Å². The van der Waals surface area contributed by atoms with E-state index in [9.17, 15) is 14.4 Å². The number of imidazole rings is 1. The standard InChI is InChI=1S/C49H77N5O13/c1-58-20-21-60-24-25-62-28-29-64-32-33-66-36-37-67-35-34-65-31-30-63-27-26-61-23-22-59-19-18-50-44(55)17-14-40-12-15-43(16-13-40)46-51-45-47(52-46)53(38-41-8-4-2-5-9-41)49(57)54(48(45)56)39-42-10-6-3-7-11-42/h12-17,41-42H,2-11,18-39H2,1H3,(H,50,55)(H,51,52)/b17-14+. The summed E-state index contributed by atoms with van der Waals surface area (Å²) in [5.74, 6) is 1.05. The minimum absolute atomic E-state index is 0.229. The van der Waals surface area contributed by atoms with Gasteiger partial charge in [-0.25, -0.2) is 9.78 Å². The molecule has 0 spiro atoms. The Hall–Kier alpha value is -3.82. The Bertz CT molecular complexity index is 1920. The van der Waals surface area contributed by atoms with Gasteiger partial charge in [0.15, 0.2) is 5.65 Å². The average Bonchev–Trinajstić information content (AvgIpc) is 3.81. The number of aromatic amines is 1. The van der Waals surface area contributed by atoms with Crippen LogP contribution in [0.3, 0.4) is 0 Å². The predicted molar refractivity (Wildman–Crippen MR) is 254 cm³/mol. The molecular formula is C49H77N5O13. The quantitative estimate of drug-likeness (QED) is 0.0600. The summed E-state index contributed by atoms with van der Waals surface area (Å²) in [6.45, 7) is 10.6. The lowest BCUT2D eigenvalue weighted by Gasteiger charge is -2.24. The van der Waals surface area contributed by atoms with E-state index in [-0.39, 0.29) is 17.2 Å². The summed E-state index contributed by atoms with van der Waals surface area (Å²) < 4.78 is 57.5. The highest BCUT2D eigenvalue weighted by Crippen LogP contribution is 2.27. The molecule has 2 aliphatic rings. The largest absolute Gasteiger partial charge is 0.382 e. The Morgan fingerprint density at radius 2 is 1.01 bits per heavy atom. The first-order chi connectivity index (χ1) is 33.0. The third kappa shape index (κ3) is 21.2. The molecule has 376 valence electrons. The summed E-state index contributed by atoms with van der Waals surface area (Å²) in [5, 5.41) is 2.83. The van der Waals surface area contributed by atoms with Crippen molar-refractivity contribution in [2.75, 3.05) is 139 Å². The lowest BCUT2D eigenvalue weighted by molar-refractivity contribution is -0.116. The molecular weight excluding hydrogens is 867 g/mol. The first kappa shape index (κ1) is 54.1. The molecule has 2 heterocycles. The van der Waals surface area contributed by atoms with Gasteiger partial charge in [0.05, 0.1) is 126 Å². The number of rotatable bonds is 37. The molecule has 3 aromatic rings. The summed E-state index contributed by atoms with van der Waals surface area (Å²) >= 11 is 0. The van der Waals surface area contributed by atoms with Gasteiger partial charge in [0.25, 0.3) is 5.56 Å². The van der Waals surface area contributed by atoms with Crippen molar-refractivity contribution >= 4 is 23.1 Å². The predicted octanol–water partition coefficient (Wildman–Crippen LogP) is 4.64. The normalized spacial score (nSPS) is 15.1. The molecule has 18 heteroatoms. The highest BCUT2D eigenvalue weighted by atomic mass is 16.6. The number of methoxy groups -OCH3 is 1. The molecule has 1 amide bonds. The Labute approximate surface area is 395 Å². The molecule has 0 unspecified atom stereocenters. The van der Waals surface area contributed by atoms with E-state index in [0.29, 0.717) is 174 Å². The molecule has 0 atom stereocenters. The molecule has 0 aliphatic heterocycles. The number of hydrogen-bond donors (Lipinski definition) is 2. The van der Waals surface area contributed by atoms with Gasteiger partial charge in [-0.05, 0) is 49.2 Å². The number of nitrogens with zero attached hydrogens (tertiary/aromatic N) is 3. The van der Waals surface area contributed by atoms with Crippen molar-refractivity contribution in [2.45, 2.75) is 77.3 Å². The summed E-state index contributed by atoms with van der Waals surface area (Å²) in [4.78, 5) is 48.3. The maximum atomic E-state index is 13.9. The van der Waals surface area contributed by atoms with Crippen LogP contribution in [0.1, 0.15) is 69.8 Å². The van der Waals surface area contributed by atoms with Crippen molar-refractivity contribution < 1.29 is 52.2 Å². The molecule has 0 saturated heterocycles. The minimum atomic E-state index is -0.292. The van der Waals surface area contributed by atoms with Gasteiger partial charge >= 0.3 is 5.69 Å². The molecule has 1 aromatic carbocycles. The van der Waals surface area contributed by atoms with E-state index >= 15 is 0 Å². The number of fused-ring (bicyclic) bond motifs is 1. The van der Waals surface area contributed by atoms with Gasteiger partial charge < -0.3 is 57.7 Å². The smallest absolute Gasteiger partial charge is 0.332 e. The average molecular weight is 944 g/mol. The van der Waals surface area contributed by atoms with E-state index in [1.165, 1.54) is 36.3 Å². The van der Waals surface area contributed by atoms with E-state index in [2.05, 4.69) is 10.3 Å². The molecule has 2 aromatic heterocycles. The molecule has 0 bridgehead atoms. The monoisotopic (exact) mass is 944 g/mol. The van der Waals surface area contributed by atoms with Crippen LogP contribution in [0.15, 0.2) is 39.9 Å². The number of ether oxygens (including phenoxy) is 10. The molecule has 2 saturated carbocycles. The fraction of sp³-hybridized carbons (Fsp3) is 0.714. The summed E-state index contributed by atoms with van der Waals surface area (Å²) in [5.41, 5.74) is 1.90. The van der Waals surface area contributed by atoms with Crippen LogP contribution in [0.2, 0.25) is 0 Å². The van der Waals surface area contributed by atoms with Gasteiger partial charge in [-0.2, -0.15) is 0 Å². The highest BCUT2D eigenvalue weighted by Gasteiger charge is 2.24. The van der Waals surface area contributed by atoms with Gasteiger partial charge in [-0.3, -0.25) is 18.7 Å². The molecule has 2 N–H and O–H groups in total. The lowest BCUT2D eigenvalue weighted by atomic mass is 9.89. The first-order valence-electron chi connectivity index (χ1n) is 24.5. The van der Waals surface area contributed by atoms with Crippen LogP contribution in [-0.4, -0.2) is 164 Å². The molecule has 67 heavy (non-hydrogen) atoms. The van der Waals surface area contributed by atoms with Crippen LogP contribution in [-0.2, 0) is 65.3 Å². The number of benzene rings is 1. The van der Waals surface area contributed by atoms with E-state index < -0.39 is 0 Å². The van der Waals surface area contributed by atoms with Gasteiger partial charge in [0, 0.05) is 38.4 Å². The number of H-pyrrole nitrogens is 1. The van der Waals surface area contributed by atoms with Crippen molar-refractivity contribution in [1.82, 2.24) is 24.4 Å². The van der Waals surface area contributed by atoms with Crippen LogP contribution in [0.4, 0.5) is 0 Å². The summed E-state index contributed by atoms with van der Waals surface area (Å²) in [6, 6.07) is 7.59. The lowest BCUT2D eigenvalue weighted by Crippen LogP contribution is -2.42. The Morgan fingerprint density at radius 3 is 1.46 bits per heavy atom. The van der Waals surface area contributed by atoms with Gasteiger partial charge in [0.1, 0.15) is 11.3 Å². The first-order valence-corrected chi connectivity index (χ1v) is 24.5. The maximum Gasteiger partial charge on any atom is 0.332 e. The van der Waals surface area contributed by atoms with Gasteiger partial charge in [-0.15, -0.1) is 0 Å². The van der Waals surface area contributed by atoms with E-state index in [1.807, 2.05) is 24.3 Å². The zero-order valence-corrected chi connectivity index (χ0v) is 39.9. The number of aromatic nitrogens is 4. The van der Waals surface area contributed by atoms with Crippen LogP contribution >= 0.6 is 0 Å². The van der Waals surface area contributed by atoms with Crippen molar-refractivity contribution in [2.24, 2.45) is 11.8 Å². The Balaban J connectivity index is 0.853. The second-order valence-corrected chi connectivity index (χ2v) is 16.9. The minimum Gasteiger partial charge on any atom is -0.382 e. The van der Waals surface area contributed by atoms with Crippen LogP contribution < -0.4 is 16.6 Å². The second-order valence-electron chi connectivity index (χ2n) is 16.9. The van der Waals surface area contributed by atoms with Crippen molar-refractivity contribution in [3.8, 4) is 11.4 Å². The van der Waals surface area contributed by atoms with Gasteiger partial charge in [0.2, 0.25) is 5.91 Å². The number of hydrogen-bond acceptors (Lipinski definition) is 14. The fourth-order valence-corrected chi connectivity index (χ4v) is 8.12. The summed E-state index contributed by atoms with van der Waals surface area (Å²) in [7, 11) is 1.64. The van der Waals surface area contributed by atoms with Crippen molar-refractivity contribution in [1.29, 1.82) is 0 Å². The van der Waals surface area contributed by atoms with Crippen LogP contribution in [0.5, 0.6) is 0 Å². The third-order valence-electron chi connectivity index (χ3n) is 11.8. The highest BCUT2D eigenvalue weighted by molar-refractivity contribution is 5.91. The molecule has 5 rings (SSSR count). The summed E-state index contributed by atoms with van der Waals surface area (Å²) in [6.07, 6.45) is 14.6. The molecule has 2 fully saturated rings. The third-order valence-corrected chi connectivity index (χ3v) is 11.8. The van der Waals surface area contributed by atoms with Crippen LogP contribution in [0.25, 0.3) is 28.6 Å². The SMILES string of the molecule is COCCOCCOCCOCCOCCOCCOCCOCCOCCOCCNC(=O)/C=C/c1ccc(-c2nc3c([nH]2)c(=O)n(CC2CCCCC2)c(=O)n3CC2CCCCC2)cc1. The number of carbonyl (C=O) groups excluding carboxylic acids is 1. The van der Waals surface area contributed by atoms with Crippen LogP contribution in [0, 0.1) is 11.8 Å². The van der Waals surface area contributed by atoms with E-state index in [1.54, 1.807) is 17.8 Å². The zero-order chi connectivity index (χ0) is 47.0. The Morgan fingerprint density at radius 1 is 0.597 bits per heavy atom. The number of carbonyl (C=O) groups is 1. The van der Waals surface area contributed by atoms with E-state index in [4.69, 9.17) is 52.4 Å². The van der Waals surface area contributed by atoms with Crippen molar-refractivity contribution in [3.05, 3.63) is 56.7 Å². The topological polar surface area (TPSA) is 194 Å². The van der Waals surface area contributed by atoms with Crippen molar-refractivity contribution in [3.63, 3.8) is 0 Å². The number of nitrogens with one attached hydrogen (secondary N) is 2. The molecule has 2 aliphatic carbocycles. The maximum absolute atomic E-state index is 13.9. The molecule has 0 radical (unpaired) electrons.